The maximum atomic E-state index is 12.6. The lowest BCUT2D eigenvalue weighted by Gasteiger charge is -2.16. The van der Waals surface area contributed by atoms with Crippen LogP contribution in [0.5, 0.6) is 0 Å². The van der Waals surface area contributed by atoms with Crippen LogP contribution in [0.15, 0.2) is 28.0 Å². The van der Waals surface area contributed by atoms with Gasteiger partial charge in [-0.05, 0) is 46.2 Å². The Bertz CT molecular complexity index is 1130. The zero-order valence-corrected chi connectivity index (χ0v) is 18.2. The van der Waals surface area contributed by atoms with Gasteiger partial charge in [0.1, 0.15) is 4.90 Å². The molecule has 0 saturated carbocycles. The third-order valence-electron chi connectivity index (χ3n) is 4.29. The second-order valence-corrected chi connectivity index (χ2v) is 10.0. The molecule has 11 heteroatoms. The average molecular weight is 429 g/mol. The molecule has 2 rings (SSSR count). The molecule has 0 fully saturated rings. The Morgan fingerprint density at radius 1 is 1.07 bits per heavy atom. The largest absolute Gasteiger partial charge is 0.272 e. The van der Waals surface area contributed by atoms with E-state index in [1.807, 2.05) is 11.6 Å². The van der Waals surface area contributed by atoms with E-state index in [0.29, 0.717) is 11.3 Å². The van der Waals surface area contributed by atoms with Crippen LogP contribution >= 0.6 is 0 Å². The second-order valence-electron chi connectivity index (χ2n) is 6.71. The van der Waals surface area contributed by atoms with E-state index in [4.69, 9.17) is 0 Å². The van der Waals surface area contributed by atoms with Crippen molar-refractivity contribution in [3.63, 3.8) is 0 Å². The summed E-state index contributed by atoms with van der Waals surface area (Å²) in [6.45, 7) is 7.83. The Hall–Kier alpha value is -2.24. The van der Waals surface area contributed by atoms with Crippen LogP contribution in [0.3, 0.4) is 0 Å². The predicted octanol–water partition coefficient (Wildman–Crippen LogP) is 0.826. The molecule has 0 aliphatic carbocycles. The van der Waals surface area contributed by atoms with Gasteiger partial charge in [0.15, 0.2) is 0 Å². The molecule has 0 bridgehead atoms. The molecule has 1 heterocycles. The van der Waals surface area contributed by atoms with Gasteiger partial charge in [0, 0.05) is 7.05 Å². The number of aromatic nitrogens is 2. The van der Waals surface area contributed by atoms with E-state index in [1.54, 1.807) is 33.0 Å². The molecule has 0 unspecified atom stereocenters. The van der Waals surface area contributed by atoms with Crippen molar-refractivity contribution in [1.82, 2.24) is 19.2 Å². The molecular weight excluding hydrogens is 404 g/mol. The zero-order chi connectivity index (χ0) is 21.4. The third kappa shape index (κ3) is 4.42. The van der Waals surface area contributed by atoms with E-state index < -0.39 is 32.0 Å². The molecule has 28 heavy (non-hydrogen) atoms. The molecule has 154 valence electrons. The van der Waals surface area contributed by atoms with E-state index in [-0.39, 0.29) is 15.5 Å². The summed E-state index contributed by atoms with van der Waals surface area (Å²) in [7, 11) is -6.60. The highest BCUT2D eigenvalue weighted by atomic mass is 32.2. The fraction of sp³-hybridized carbons (Fsp3) is 0.412. The van der Waals surface area contributed by atoms with Crippen molar-refractivity contribution >= 4 is 26.0 Å². The molecule has 1 amide bonds. The molecular formula is C17H24N4O5S2. The van der Waals surface area contributed by atoms with Crippen LogP contribution in [0.1, 0.15) is 29.4 Å². The SMILES string of the molecule is Cc1ccc(S(=O)(=O)NC(=O)[C@H](C)NS(=O)(=O)c2c(C)nn(C)c2C)c(C)c1. The minimum Gasteiger partial charge on any atom is -0.272 e. The summed E-state index contributed by atoms with van der Waals surface area (Å²) in [5.74, 6) is -0.984. The van der Waals surface area contributed by atoms with E-state index in [1.165, 1.54) is 24.6 Å². The quantitative estimate of drug-likeness (QED) is 0.701. The van der Waals surface area contributed by atoms with E-state index in [9.17, 15) is 21.6 Å². The molecule has 0 spiro atoms. The van der Waals surface area contributed by atoms with Crippen LogP contribution in [-0.2, 0) is 31.9 Å². The Kier molecular flexibility index (Phi) is 6.02. The Labute approximate surface area is 165 Å². The van der Waals surface area contributed by atoms with Crippen LogP contribution in [0, 0.1) is 27.7 Å². The van der Waals surface area contributed by atoms with Gasteiger partial charge in [-0.1, -0.05) is 17.7 Å². The van der Waals surface area contributed by atoms with Crippen molar-refractivity contribution in [1.29, 1.82) is 0 Å². The van der Waals surface area contributed by atoms with E-state index in [2.05, 4.69) is 9.82 Å². The van der Waals surface area contributed by atoms with Crippen molar-refractivity contribution in [2.45, 2.75) is 50.5 Å². The van der Waals surface area contributed by atoms with E-state index >= 15 is 0 Å². The number of hydrogen-bond donors (Lipinski definition) is 2. The number of aryl methyl sites for hydroxylation is 4. The smallest absolute Gasteiger partial charge is 0.264 e. The van der Waals surface area contributed by atoms with Crippen LogP contribution in [0.2, 0.25) is 0 Å². The molecule has 0 radical (unpaired) electrons. The lowest BCUT2D eigenvalue weighted by Crippen LogP contribution is -2.46. The van der Waals surface area contributed by atoms with Crippen LogP contribution in [-0.4, -0.2) is 38.6 Å². The van der Waals surface area contributed by atoms with Gasteiger partial charge in [-0.25, -0.2) is 21.6 Å². The first-order valence-corrected chi connectivity index (χ1v) is 11.4. The highest BCUT2D eigenvalue weighted by Crippen LogP contribution is 2.19. The first-order chi connectivity index (χ1) is 12.8. The van der Waals surface area contributed by atoms with Gasteiger partial charge < -0.3 is 0 Å². The summed E-state index contributed by atoms with van der Waals surface area (Å²) in [5, 5.41) is 4.05. The van der Waals surface area contributed by atoms with Crippen molar-refractivity contribution in [3.05, 3.63) is 40.7 Å². The lowest BCUT2D eigenvalue weighted by atomic mass is 10.2. The van der Waals surface area contributed by atoms with Gasteiger partial charge in [-0.15, -0.1) is 0 Å². The summed E-state index contributed by atoms with van der Waals surface area (Å²) in [6, 6.07) is 3.38. The molecule has 2 N–H and O–H groups in total. The summed E-state index contributed by atoms with van der Waals surface area (Å²) < 4.78 is 55.8. The van der Waals surface area contributed by atoms with Crippen molar-refractivity contribution < 1.29 is 21.6 Å². The molecule has 0 aliphatic heterocycles. The highest BCUT2D eigenvalue weighted by Gasteiger charge is 2.30. The Morgan fingerprint density at radius 2 is 1.68 bits per heavy atom. The first-order valence-electron chi connectivity index (χ1n) is 8.42. The van der Waals surface area contributed by atoms with Crippen LogP contribution in [0.4, 0.5) is 0 Å². The molecule has 0 aliphatic rings. The zero-order valence-electron chi connectivity index (χ0n) is 16.6. The molecule has 9 nitrogen and oxygen atoms in total. The molecule has 1 aromatic carbocycles. The topological polar surface area (TPSA) is 127 Å². The second kappa shape index (κ2) is 7.64. The number of sulfonamides is 2. The van der Waals surface area contributed by atoms with E-state index in [0.717, 1.165) is 5.56 Å². The predicted molar refractivity (Wildman–Crippen MR) is 104 cm³/mol. The number of amides is 1. The maximum absolute atomic E-state index is 12.6. The van der Waals surface area contributed by atoms with Crippen LogP contribution < -0.4 is 9.44 Å². The average Bonchev–Trinajstić information content (AvgIpc) is 2.78. The number of carbonyl (C=O) groups is 1. The summed E-state index contributed by atoms with van der Waals surface area (Å²) in [6.07, 6.45) is 0. The van der Waals surface area contributed by atoms with Gasteiger partial charge in [0.05, 0.1) is 22.3 Å². The molecule has 0 saturated heterocycles. The van der Waals surface area contributed by atoms with Crippen LogP contribution in [0.25, 0.3) is 0 Å². The van der Waals surface area contributed by atoms with Crippen molar-refractivity contribution in [2.24, 2.45) is 7.05 Å². The standard InChI is InChI=1S/C17H24N4O5S2/c1-10-7-8-15(11(2)9-10)27(23,24)20-17(22)13(4)19-28(25,26)16-12(3)18-21(6)14(16)5/h7-9,13,19H,1-6H3,(H,20,22)/t13-/m0/s1. The fourth-order valence-corrected chi connectivity index (χ4v) is 5.79. The number of carbonyl (C=O) groups excluding carboxylic acids is 1. The third-order valence-corrected chi connectivity index (χ3v) is 7.59. The summed E-state index contributed by atoms with van der Waals surface area (Å²) in [5.41, 5.74) is 2.05. The molecule has 1 atom stereocenters. The number of hydrogen-bond acceptors (Lipinski definition) is 6. The Balaban J connectivity index is 2.23. The maximum Gasteiger partial charge on any atom is 0.264 e. The molecule has 1 aromatic heterocycles. The summed E-state index contributed by atoms with van der Waals surface area (Å²) in [4.78, 5) is 12.3. The van der Waals surface area contributed by atoms with Gasteiger partial charge in [-0.3, -0.25) is 9.48 Å². The number of nitrogens with one attached hydrogen (secondary N) is 2. The van der Waals surface area contributed by atoms with Gasteiger partial charge in [-0.2, -0.15) is 9.82 Å². The lowest BCUT2D eigenvalue weighted by molar-refractivity contribution is -0.120. The minimum absolute atomic E-state index is 0.0353. The first kappa shape index (κ1) is 22.1. The Morgan fingerprint density at radius 3 is 2.18 bits per heavy atom. The van der Waals surface area contributed by atoms with Gasteiger partial charge in [0.25, 0.3) is 15.9 Å². The van der Waals surface area contributed by atoms with Crippen molar-refractivity contribution in [2.75, 3.05) is 0 Å². The summed E-state index contributed by atoms with van der Waals surface area (Å²) >= 11 is 0. The monoisotopic (exact) mass is 428 g/mol. The highest BCUT2D eigenvalue weighted by molar-refractivity contribution is 7.90. The van der Waals surface area contributed by atoms with Crippen molar-refractivity contribution in [3.8, 4) is 0 Å². The number of benzene rings is 1. The fourth-order valence-electron chi connectivity index (χ4n) is 2.86. The normalized spacial score (nSPS) is 13.4. The number of nitrogens with zero attached hydrogens (tertiary/aromatic N) is 2. The van der Waals surface area contributed by atoms with Gasteiger partial charge >= 0.3 is 0 Å². The minimum atomic E-state index is -4.14. The molecule has 2 aromatic rings. The number of rotatable bonds is 6. The van der Waals surface area contributed by atoms with Gasteiger partial charge in [0.2, 0.25) is 10.0 Å².